The minimum atomic E-state index is -6.80. The molecule has 0 saturated heterocycles. The molecule has 4 N–H and O–H groups in total. The van der Waals surface area contributed by atoms with Gasteiger partial charge in [0.15, 0.2) is 0 Å². The monoisotopic (exact) mass is 415 g/mol. The molecule has 0 heterocycles. The summed E-state index contributed by atoms with van der Waals surface area (Å²) in [6.07, 6.45) is 1.29. The Morgan fingerprint density at radius 1 is 1.00 bits per heavy atom. The smallest absolute Gasteiger partial charge is 0.398 e. The summed E-state index contributed by atoms with van der Waals surface area (Å²) in [5.74, 6) is -7.59. The van der Waals surface area contributed by atoms with Crippen LogP contribution in [0.3, 0.4) is 0 Å². The maximum absolute atomic E-state index is 13.7. The molecule has 25 heavy (non-hydrogen) atoms. The first-order valence-electron chi connectivity index (χ1n) is 5.87. The van der Waals surface area contributed by atoms with Crippen LogP contribution in [0.25, 0.3) is 6.08 Å². The molecular weight excluding hydrogens is 404 g/mol. The topological polar surface area (TPSA) is 110 Å². The average Bonchev–Trinajstić information content (AvgIpc) is 2.45. The van der Waals surface area contributed by atoms with Crippen molar-refractivity contribution in [2.75, 3.05) is 0 Å². The van der Waals surface area contributed by atoms with Crippen molar-refractivity contribution < 1.29 is 48.0 Å². The van der Waals surface area contributed by atoms with E-state index in [1.807, 2.05) is 0 Å². The van der Waals surface area contributed by atoms with Gasteiger partial charge in [-0.25, -0.2) is 13.6 Å². The fourth-order valence-electron chi connectivity index (χ4n) is 1.36. The van der Waals surface area contributed by atoms with Crippen LogP contribution in [0.2, 0.25) is 0 Å². The third kappa shape index (κ3) is 3.57. The molecule has 0 saturated carbocycles. The van der Waals surface area contributed by atoms with Gasteiger partial charge in [0.1, 0.15) is 5.75 Å². The van der Waals surface area contributed by atoms with Gasteiger partial charge in [-0.3, -0.25) is 9.11 Å². The largest absolute Gasteiger partial charge is 0.427 e. The zero-order valence-corrected chi connectivity index (χ0v) is 13.5. The second-order valence-corrected chi connectivity index (χ2v) is 7.78. The molecule has 0 bridgehead atoms. The van der Waals surface area contributed by atoms with E-state index in [2.05, 4.69) is 15.9 Å². The van der Waals surface area contributed by atoms with Crippen molar-refractivity contribution in [1.29, 1.82) is 0 Å². The number of benzene rings is 1. The van der Waals surface area contributed by atoms with Gasteiger partial charge in [-0.2, -0.15) is 26.3 Å². The highest BCUT2D eigenvalue weighted by atomic mass is 32.3. The molecule has 0 radical (unpaired) electrons. The van der Waals surface area contributed by atoms with Gasteiger partial charge in [0.25, 0.3) is 10.0 Å². The lowest BCUT2D eigenvalue weighted by Crippen LogP contribution is -2.61. The van der Waals surface area contributed by atoms with Crippen molar-refractivity contribution in [3.8, 4) is 5.75 Å². The summed E-state index contributed by atoms with van der Waals surface area (Å²) in [5, 5.41) is -9.09. The standard InChI is InChI=1S/C11H11F6NO5S2/c1-2-7-3-5-8(6-4-7)23-25(21,22)11(16,17)9(12,13)10(14,15)24(18,19)20/h2-6,21-22H,1H2,(H2,18,19,20). The lowest BCUT2D eigenvalue weighted by molar-refractivity contribution is -0.248. The third-order valence-corrected chi connectivity index (χ3v) is 5.07. The van der Waals surface area contributed by atoms with Gasteiger partial charge in [-0.1, -0.05) is 24.8 Å². The number of hydrogen-bond donors (Lipinski definition) is 3. The average molecular weight is 415 g/mol. The van der Waals surface area contributed by atoms with Crippen molar-refractivity contribution in [3.05, 3.63) is 36.4 Å². The maximum atomic E-state index is 13.7. The van der Waals surface area contributed by atoms with Crippen molar-refractivity contribution in [2.24, 2.45) is 5.14 Å². The first kappa shape index (κ1) is 21.6. The third-order valence-electron chi connectivity index (χ3n) is 2.75. The molecule has 1 rings (SSSR count). The van der Waals surface area contributed by atoms with Gasteiger partial charge >= 0.3 is 16.4 Å². The Kier molecular flexibility index (Phi) is 5.48. The summed E-state index contributed by atoms with van der Waals surface area (Å²) in [7, 11) is -12.8. The second-order valence-electron chi connectivity index (χ2n) is 4.51. The molecule has 144 valence electrons. The molecule has 1 aromatic rings. The summed E-state index contributed by atoms with van der Waals surface area (Å²) < 4.78 is 124. The molecule has 0 aliphatic heterocycles. The Morgan fingerprint density at radius 3 is 1.80 bits per heavy atom. The van der Waals surface area contributed by atoms with Crippen LogP contribution in [0.5, 0.6) is 5.75 Å². The minimum Gasteiger partial charge on any atom is -0.398 e. The number of alkyl halides is 6. The molecule has 0 aliphatic carbocycles. The lowest BCUT2D eigenvalue weighted by atomic mass is 10.2. The van der Waals surface area contributed by atoms with E-state index < -0.39 is 43.1 Å². The maximum Gasteiger partial charge on any atom is 0.427 e. The van der Waals surface area contributed by atoms with E-state index >= 15 is 0 Å². The van der Waals surface area contributed by atoms with E-state index in [1.165, 1.54) is 6.08 Å². The summed E-state index contributed by atoms with van der Waals surface area (Å²) >= 11 is 0. The van der Waals surface area contributed by atoms with E-state index in [0.717, 1.165) is 24.3 Å². The second kappa shape index (κ2) is 6.35. The number of sulfonamides is 1. The molecule has 0 aromatic heterocycles. The van der Waals surface area contributed by atoms with Crippen LogP contribution in [0.1, 0.15) is 5.56 Å². The van der Waals surface area contributed by atoms with Crippen molar-refractivity contribution in [1.82, 2.24) is 0 Å². The van der Waals surface area contributed by atoms with Crippen LogP contribution in [0.4, 0.5) is 26.3 Å². The Balaban J connectivity index is 3.30. The van der Waals surface area contributed by atoms with Crippen LogP contribution in [-0.2, 0) is 10.0 Å². The predicted octanol–water partition coefficient (Wildman–Crippen LogP) is 3.48. The van der Waals surface area contributed by atoms with E-state index in [-0.39, 0.29) is 0 Å². The molecule has 0 amide bonds. The highest BCUT2D eigenvalue weighted by molar-refractivity contribution is 8.21. The van der Waals surface area contributed by atoms with E-state index in [1.54, 1.807) is 0 Å². The molecule has 0 unspecified atom stereocenters. The molecule has 0 fully saturated rings. The fourth-order valence-corrected chi connectivity index (χ4v) is 2.86. The van der Waals surface area contributed by atoms with Crippen molar-refractivity contribution in [3.63, 3.8) is 0 Å². The van der Waals surface area contributed by atoms with E-state index in [4.69, 9.17) is 0 Å². The van der Waals surface area contributed by atoms with Gasteiger partial charge in [0, 0.05) is 0 Å². The van der Waals surface area contributed by atoms with Gasteiger partial charge in [-0.15, -0.1) is 0 Å². The number of rotatable bonds is 7. The number of primary sulfonamides is 1. The molecule has 0 atom stereocenters. The molecule has 1 aromatic carbocycles. The molecule has 14 heteroatoms. The highest BCUT2D eigenvalue weighted by Crippen LogP contribution is 2.65. The van der Waals surface area contributed by atoms with Crippen LogP contribution in [-0.4, -0.2) is 34.0 Å². The Hall–Kier alpha value is -1.48. The normalized spacial score (nSPS) is 14.9. The fraction of sp³-hybridized carbons (Fsp3) is 0.273. The van der Waals surface area contributed by atoms with Gasteiger partial charge in [0.2, 0.25) is 10.9 Å². The quantitative estimate of drug-likeness (QED) is 0.591. The van der Waals surface area contributed by atoms with Crippen molar-refractivity contribution in [2.45, 2.75) is 16.4 Å². The number of hydrogen-bond acceptors (Lipinski definition) is 5. The lowest BCUT2D eigenvalue weighted by Gasteiger charge is -2.39. The van der Waals surface area contributed by atoms with Crippen LogP contribution >= 0.6 is 10.9 Å². The van der Waals surface area contributed by atoms with Crippen molar-refractivity contribution >= 4 is 27.0 Å². The minimum absolute atomic E-state index is 0.404. The van der Waals surface area contributed by atoms with Gasteiger partial charge in [0.05, 0.1) is 0 Å². The van der Waals surface area contributed by atoms with Gasteiger partial charge < -0.3 is 4.18 Å². The first-order chi connectivity index (χ1) is 11.0. The zero-order valence-electron chi connectivity index (χ0n) is 11.9. The summed E-state index contributed by atoms with van der Waals surface area (Å²) in [6, 6.07) is 3.95. The number of nitrogens with two attached hydrogens (primary N) is 1. The zero-order chi connectivity index (χ0) is 19.9. The highest BCUT2D eigenvalue weighted by Gasteiger charge is 2.82. The first-order valence-corrected chi connectivity index (χ1v) is 8.88. The number of halogens is 6. The van der Waals surface area contributed by atoms with E-state index in [0.29, 0.717) is 5.56 Å². The summed E-state index contributed by atoms with van der Waals surface area (Å²) in [5.41, 5.74) is 0.404. The predicted molar refractivity (Wildman–Crippen MR) is 78.0 cm³/mol. The molecule has 0 aliphatic rings. The molecular formula is C11H11F6NO5S2. The SMILES string of the molecule is C=Cc1ccc(OS(O)(O)C(F)(F)C(F)(F)C(F)(F)S(N)(=O)=O)cc1. The Labute approximate surface area is 139 Å². The van der Waals surface area contributed by atoms with E-state index in [9.17, 15) is 43.9 Å². The summed E-state index contributed by atoms with van der Waals surface area (Å²) in [4.78, 5) is 0. The Morgan fingerprint density at radius 2 is 1.44 bits per heavy atom. The van der Waals surface area contributed by atoms with Gasteiger partial charge in [-0.05, 0) is 17.7 Å². The van der Waals surface area contributed by atoms with Crippen LogP contribution in [0, 0.1) is 0 Å². The van der Waals surface area contributed by atoms with Crippen LogP contribution < -0.4 is 9.32 Å². The Bertz CT molecular complexity index is 751. The van der Waals surface area contributed by atoms with Crippen LogP contribution in [0.15, 0.2) is 30.8 Å². The molecule has 6 nitrogen and oxygen atoms in total. The summed E-state index contributed by atoms with van der Waals surface area (Å²) in [6.45, 7) is 3.35. The molecule has 0 spiro atoms.